The van der Waals surface area contributed by atoms with Crippen LogP contribution >= 0.6 is 0 Å². The molecule has 5 nitrogen and oxygen atoms in total. The van der Waals surface area contributed by atoms with Gasteiger partial charge in [-0.25, -0.2) is 0 Å². The molecule has 0 spiro atoms. The van der Waals surface area contributed by atoms with Crippen molar-refractivity contribution >= 4 is 12.2 Å². The van der Waals surface area contributed by atoms with Gasteiger partial charge in [-0.2, -0.15) is 0 Å². The molecule has 0 heterocycles. The zero-order chi connectivity index (χ0) is 22.0. The molecule has 168 valence electrons. The number of rotatable bonds is 18. The van der Waals surface area contributed by atoms with Crippen LogP contribution in [0.5, 0.6) is 0 Å². The van der Waals surface area contributed by atoms with Gasteiger partial charge >= 0.3 is 0 Å². The smallest absolute Gasteiger partial charge is 0.0718 e. The maximum atomic E-state index is 5.60. The highest BCUT2D eigenvalue weighted by molar-refractivity contribution is 5.47. The predicted molar refractivity (Wildman–Crippen MR) is 125 cm³/mol. The first-order valence-corrected chi connectivity index (χ1v) is 10.6. The average molecular weight is 427 g/mol. The summed E-state index contributed by atoms with van der Waals surface area (Å²) in [7, 11) is 0. The summed E-state index contributed by atoms with van der Waals surface area (Å²) in [6.07, 6.45) is 3.65. The largest absolute Gasteiger partial charge is 0.377 e. The van der Waals surface area contributed by atoms with Gasteiger partial charge in [0.05, 0.1) is 66.1 Å². The van der Waals surface area contributed by atoms with Crippen LogP contribution in [0, 0.1) is 0 Å². The monoisotopic (exact) mass is 426 g/mol. The van der Waals surface area contributed by atoms with Crippen LogP contribution in [0.25, 0.3) is 12.2 Å². The Balaban J connectivity index is 1.31. The first-order valence-electron chi connectivity index (χ1n) is 10.6. The second-order valence-electron chi connectivity index (χ2n) is 6.83. The average Bonchev–Trinajstić information content (AvgIpc) is 2.82. The highest BCUT2D eigenvalue weighted by atomic mass is 16.6. The molecule has 0 bridgehead atoms. The summed E-state index contributed by atoms with van der Waals surface area (Å²) in [5.74, 6) is 0. The molecular weight excluding hydrogens is 392 g/mol. The summed E-state index contributed by atoms with van der Waals surface area (Å²) in [4.78, 5) is 0. The van der Waals surface area contributed by atoms with Gasteiger partial charge in [-0.05, 0) is 22.3 Å². The van der Waals surface area contributed by atoms with Crippen LogP contribution in [0.2, 0.25) is 0 Å². The zero-order valence-corrected chi connectivity index (χ0v) is 18.3. The molecule has 0 aliphatic rings. The fourth-order valence-corrected chi connectivity index (χ4v) is 2.66. The molecule has 0 amide bonds. The second kappa shape index (κ2) is 16.4. The van der Waals surface area contributed by atoms with Gasteiger partial charge in [-0.15, -0.1) is 0 Å². The topological polar surface area (TPSA) is 46.2 Å². The van der Waals surface area contributed by atoms with Crippen molar-refractivity contribution < 1.29 is 23.7 Å². The Bertz CT molecular complexity index is 661. The van der Waals surface area contributed by atoms with Gasteiger partial charge in [0.1, 0.15) is 0 Å². The molecule has 0 saturated carbocycles. The van der Waals surface area contributed by atoms with E-state index in [0.717, 1.165) is 22.3 Å². The predicted octanol–water partition coefficient (Wildman–Crippen LogP) is 4.76. The molecule has 0 atom stereocenters. The molecule has 2 aromatic rings. The van der Waals surface area contributed by atoms with Gasteiger partial charge in [0.15, 0.2) is 0 Å². The molecule has 0 radical (unpaired) electrons. The van der Waals surface area contributed by atoms with Crippen LogP contribution in [0.3, 0.4) is 0 Å². The Morgan fingerprint density at radius 2 is 0.742 bits per heavy atom. The fourth-order valence-electron chi connectivity index (χ4n) is 2.66. The minimum absolute atomic E-state index is 0.545. The SMILES string of the molecule is C=Cc1ccc(COCCOCCOCCOCCOCc2ccc(C=C)cc2)cc1. The summed E-state index contributed by atoms with van der Waals surface area (Å²) < 4.78 is 27.7. The van der Waals surface area contributed by atoms with E-state index in [0.29, 0.717) is 66.1 Å². The molecule has 0 aliphatic heterocycles. The van der Waals surface area contributed by atoms with Gasteiger partial charge in [-0.3, -0.25) is 0 Å². The number of ether oxygens (including phenoxy) is 5. The molecule has 5 heteroatoms. The van der Waals surface area contributed by atoms with Crippen molar-refractivity contribution in [2.75, 3.05) is 52.9 Å². The molecular formula is C26H34O5. The minimum atomic E-state index is 0.545. The molecule has 0 unspecified atom stereocenters. The van der Waals surface area contributed by atoms with Crippen LogP contribution in [-0.2, 0) is 36.9 Å². The summed E-state index contributed by atoms with van der Waals surface area (Å²) in [5, 5.41) is 0. The summed E-state index contributed by atoms with van der Waals surface area (Å²) >= 11 is 0. The molecule has 0 aliphatic carbocycles. The van der Waals surface area contributed by atoms with Crippen molar-refractivity contribution in [1.82, 2.24) is 0 Å². The number of hydrogen-bond donors (Lipinski definition) is 0. The van der Waals surface area contributed by atoms with E-state index in [1.165, 1.54) is 0 Å². The quantitative estimate of drug-likeness (QED) is 0.322. The third-order valence-corrected chi connectivity index (χ3v) is 4.46. The second-order valence-corrected chi connectivity index (χ2v) is 6.83. The normalized spacial score (nSPS) is 10.8. The fraction of sp³-hybridized carbons (Fsp3) is 0.385. The first kappa shape index (κ1) is 25.0. The highest BCUT2D eigenvalue weighted by Gasteiger charge is 1.96. The van der Waals surface area contributed by atoms with E-state index in [1.54, 1.807) is 0 Å². The van der Waals surface area contributed by atoms with Gasteiger partial charge in [-0.1, -0.05) is 73.8 Å². The van der Waals surface area contributed by atoms with Crippen LogP contribution in [0.4, 0.5) is 0 Å². The third kappa shape index (κ3) is 11.6. The Morgan fingerprint density at radius 1 is 0.452 bits per heavy atom. The van der Waals surface area contributed by atoms with Gasteiger partial charge < -0.3 is 23.7 Å². The molecule has 0 N–H and O–H groups in total. The van der Waals surface area contributed by atoms with Crippen molar-refractivity contribution in [1.29, 1.82) is 0 Å². The van der Waals surface area contributed by atoms with E-state index in [9.17, 15) is 0 Å². The molecule has 2 rings (SSSR count). The zero-order valence-electron chi connectivity index (χ0n) is 18.3. The lowest BCUT2D eigenvalue weighted by Crippen LogP contribution is -2.13. The molecule has 0 aromatic heterocycles. The molecule has 0 saturated heterocycles. The van der Waals surface area contributed by atoms with Crippen LogP contribution in [0.15, 0.2) is 61.7 Å². The van der Waals surface area contributed by atoms with E-state index < -0.39 is 0 Å². The van der Waals surface area contributed by atoms with Crippen LogP contribution in [0.1, 0.15) is 22.3 Å². The lowest BCUT2D eigenvalue weighted by atomic mass is 10.1. The standard InChI is InChI=1S/C26H34O5/c1-3-23-5-9-25(10-6-23)21-30-19-17-28-15-13-27-14-16-29-18-20-31-22-26-11-7-24(4-2)8-12-26/h3-12H,1-2,13-22H2. The highest BCUT2D eigenvalue weighted by Crippen LogP contribution is 2.07. The van der Waals surface area contributed by atoms with E-state index in [4.69, 9.17) is 23.7 Å². The Morgan fingerprint density at radius 3 is 1.03 bits per heavy atom. The Kier molecular flexibility index (Phi) is 13.2. The minimum Gasteiger partial charge on any atom is -0.377 e. The van der Waals surface area contributed by atoms with E-state index in [2.05, 4.69) is 13.2 Å². The Hall–Kier alpha value is -2.28. The van der Waals surface area contributed by atoms with Crippen LogP contribution < -0.4 is 0 Å². The van der Waals surface area contributed by atoms with Crippen molar-refractivity contribution in [2.45, 2.75) is 13.2 Å². The van der Waals surface area contributed by atoms with E-state index in [1.807, 2.05) is 60.7 Å². The first-order chi connectivity index (χ1) is 15.3. The maximum Gasteiger partial charge on any atom is 0.0718 e. The summed E-state index contributed by atoms with van der Waals surface area (Å²) in [6.45, 7) is 13.1. The molecule has 0 fully saturated rings. The lowest BCUT2D eigenvalue weighted by Gasteiger charge is -2.08. The summed E-state index contributed by atoms with van der Waals surface area (Å²) in [6, 6.07) is 16.3. The van der Waals surface area contributed by atoms with Crippen molar-refractivity contribution in [3.05, 3.63) is 83.9 Å². The van der Waals surface area contributed by atoms with Gasteiger partial charge in [0.25, 0.3) is 0 Å². The molecule has 31 heavy (non-hydrogen) atoms. The lowest BCUT2D eigenvalue weighted by molar-refractivity contribution is -0.0138. The third-order valence-electron chi connectivity index (χ3n) is 4.46. The Labute approximate surface area is 186 Å². The van der Waals surface area contributed by atoms with Crippen LogP contribution in [-0.4, -0.2) is 52.9 Å². The number of hydrogen-bond acceptors (Lipinski definition) is 5. The van der Waals surface area contributed by atoms with Gasteiger partial charge in [0, 0.05) is 0 Å². The van der Waals surface area contributed by atoms with Gasteiger partial charge in [0.2, 0.25) is 0 Å². The van der Waals surface area contributed by atoms with E-state index in [-0.39, 0.29) is 0 Å². The van der Waals surface area contributed by atoms with Crippen molar-refractivity contribution in [3.8, 4) is 0 Å². The summed E-state index contributed by atoms with van der Waals surface area (Å²) in [5.41, 5.74) is 4.50. The van der Waals surface area contributed by atoms with Crippen molar-refractivity contribution in [2.24, 2.45) is 0 Å². The van der Waals surface area contributed by atoms with Crippen molar-refractivity contribution in [3.63, 3.8) is 0 Å². The number of benzene rings is 2. The maximum absolute atomic E-state index is 5.60. The molecule has 2 aromatic carbocycles. The van der Waals surface area contributed by atoms with E-state index >= 15 is 0 Å².